The van der Waals surface area contributed by atoms with E-state index in [4.69, 9.17) is 4.98 Å². The second kappa shape index (κ2) is 11.0. The van der Waals surface area contributed by atoms with E-state index in [0.717, 1.165) is 23.0 Å². The van der Waals surface area contributed by atoms with E-state index in [9.17, 15) is 9.59 Å². The van der Waals surface area contributed by atoms with E-state index in [0.29, 0.717) is 35.3 Å². The Balaban J connectivity index is 1.92. The van der Waals surface area contributed by atoms with Crippen LogP contribution in [0.5, 0.6) is 0 Å². The van der Waals surface area contributed by atoms with Crippen molar-refractivity contribution in [1.82, 2.24) is 14.5 Å². The molecule has 0 radical (unpaired) electrons. The van der Waals surface area contributed by atoms with E-state index < -0.39 is 0 Å². The summed E-state index contributed by atoms with van der Waals surface area (Å²) in [5, 5.41) is 0.562. The topological polar surface area (TPSA) is 55.2 Å². The molecular weight excluding hydrogens is 502 g/mol. The van der Waals surface area contributed by atoms with Gasteiger partial charge >= 0.3 is 0 Å². The molecule has 0 saturated heterocycles. The number of hydrogen-bond donors (Lipinski definition) is 0. The maximum Gasteiger partial charge on any atom is 0.266 e. The third-order valence-corrected chi connectivity index (χ3v) is 6.81. The summed E-state index contributed by atoms with van der Waals surface area (Å²) in [6.45, 7) is 6.76. The normalized spacial score (nSPS) is 12.0. The van der Waals surface area contributed by atoms with E-state index in [1.54, 1.807) is 4.57 Å². The number of aryl methyl sites for hydroxylation is 1. The number of rotatable bonds is 8. The number of benzene rings is 3. The molecule has 6 heteroatoms. The van der Waals surface area contributed by atoms with Gasteiger partial charge in [-0.15, -0.1) is 0 Å². The van der Waals surface area contributed by atoms with Crippen molar-refractivity contribution in [3.63, 3.8) is 0 Å². The van der Waals surface area contributed by atoms with Crippen LogP contribution in [-0.2, 0) is 6.42 Å². The Morgan fingerprint density at radius 3 is 2.29 bits per heavy atom. The van der Waals surface area contributed by atoms with Gasteiger partial charge in [-0.05, 0) is 73.4 Å². The zero-order valence-corrected chi connectivity index (χ0v) is 22.0. The average molecular weight is 532 g/mol. The summed E-state index contributed by atoms with van der Waals surface area (Å²) in [7, 11) is 0. The number of amides is 1. The van der Waals surface area contributed by atoms with Crippen molar-refractivity contribution in [1.29, 1.82) is 0 Å². The van der Waals surface area contributed by atoms with E-state index in [-0.39, 0.29) is 17.5 Å². The molecule has 1 aromatic heterocycles. The molecule has 3 aromatic carbocycles. The minimum atomic E-state index is -0.366. The molecule has 0 aliphatic rings. The van der Waals surface area contributed by atoms with Crippen LogP contribution in [0, 0.1) is 0 Å². The van der Waals surface area contributed by atoms with Gasteiger partial charge in [0.05, 0.1) is 22.6 Å². The van der Waals surface area contributed by atoms with Gasteiger partial charge in [0, 0.05) is 16.6 Å². The second-order valence-electron chi connectivity index (χ2n) is 8.58. The third-order valence-electron chi connectivity index (χ3n) is 6.28. The highest BCUT2D eigenvalue weighted by molar-refractivity contribution is 9.10. The molecule has 35 heavy (non-hydrogen) atoms. The number of aromatic nitrogens is 2. The largest absolute Gasteiger partial charge is 0.328 e. The van der Waals surface area contributed by atoms with Gasteiger partial charge in [-0.3, -0.25) is 14.2 Å². The van der Waals surface area contributed by atoms with Crippen molar-refractivity contribution in [2.75, 3.05) is 6.54 Å². The summed E-state index contributed by atoms with van der Waals surface area (Å²) in [6.07, 6.45) is 2.34. The van der Waals surface area contributed by atoms with Gasteiger partial charge in [0.1, 0.15) is 5.82 Å². The van der Waals surface area contributed by atoms with E-state index in [1.165, 1.54) is 5.56 Å². The van der Waals surface area contributed by atoms with E-state index >= 15 is 0 Å². The standard InChI is InChI=1S/C29H30BrN3O2/c1-4-19-32(28(34)21-13-15-22(30)16-14-21)26(6-3)27-31-25-10-8-7-9-24(25)29(35)33(27)23-17-11-20(5-2)12-18-23/h7-18,26H,4-6,19H2,1-3H3. The van der Waals surface area contributed by atoms with Crippen molar-refractivity contribution >= 4 is 32.7 Å². The fraction of sp³-hybridized carbons (Fsp3) is 0.276. The first kappa shape index (κ1) is 24.9. The van der Waals surface area contributed by atoms with Gasteiger partial charge < -0.3 is 4.90 Å². The van der Waals surface area contributed by atoms with Crippen molar-refractivity contribution in [2.24, 2.45) is 0 Å². The van der Waals surface area contributed by atoms with Gasteiger partial charge in [-0.25, -0.2) is 4.98 Å². The van der Waals surface area contributed by atoms with Crippen molar-refractivity contribution in [3.05, 3.63) is 105 Å². The lowest BCUT2D eigenvalue weighted by molar-refractivity contribution is 0.0659. The Labute approximate surface area is 214 Å². The number of fused-ring (bicyclic) bond motifs is 1. The molecule has 5 nitrogen and oxygen atoms in total. The molecule has 0 saturated carbocycles. The van der Waals surface area contributed by atoms with Crippen LogP contribution in [0.3, 0.4) is 0 Å². The first-order valence-electron chi connectivity index (χ1n) is 12.2. The molecule has 180 valence electrons. The molecule has 0 aliphatic heterocycles. The quantitative estimate of drug-likeness (QED) is 0.253. The first-order valence-corrected chi connectivity index (χ1v) is 12.9. The minimum absolute atomic E-state index is 0.0681. The molecule has 4 aromatic rings. The fourth-order valence-corrected chi connectivity index (χ4v) is 4.71. The van der Waals surface area contributed by atoms with Crippen LogP contribution >= 0.6 is 15.9 Å². The number of halogens is 1. The number of nitrogens with zero attached hydrogens (tertiary/aromatic N) is 3. The maximum atomic E-state index is 13.8. The predicted octanol–water partition coefficient (Wildman–Crippen LogP) is 6.71. The van der Waals surface area contributed by atoms with E-state index in [1.807, 2.05) is 84.6 Å². The van der Waals surface area contributed by atoms with E-state index in [2.05, 4.69) is 29.8 Å². The second-order valence-corrected chi connectivity index (χ2v) is 9.49. The highest BCUT2D eigenvalue weighted by Gasteiger charge is 2.29. The molecular formula is C29H30BrN3O2. The number of carbonyl (C=O) groups excluding carboxylic acids is 1. The maximum absolute atomic E-state index is 13.8. The first-order chi connectivity index (χ1) is 17.0. The van der Waals surface area contributed by atoms with Crippen molar-refractivity contribution in [3.8, 4) is 5.69 Å². The summed E-state index contributed by atoms with van der Waals surface area (Å²) in [5.41, 5.74) is 3.08. The Morgan fingerprint density at radius 2 is 1.66 bits per heavy atom. The van der Waals surface area contributed by atoms with Crippen LogP contribution < -0.4 is 5.56 Å². The highest BCUT2D eigenvalue weighted by Crippen LogP contribution is 2.28. The van der Waals surface area contributed by atoms with Crippen LogP contribution in [-0.4, -0.2) is 26.9 Å². The molecule has 0 N–H and O–H groups in total. The smallest absolute Gasteiger partial charge is 0.266 e. The lowest BCUT2D eigenvalue weighted by atomic mass is 10.1. The predicted molar refractivity (Wildman–Crippen MR) is 145 cm³/mol. The Hall–Kier alpha value is -3.25. The fourth-order valence-electron chi connectivity index (χ4n) is 4.44. The zero-order valence-electron chi connectivity index (χ0n) is 20.4. The summed E-state index contributed by atoms with van der Waals surface area (Å²) in [5.74, 6) is 0.515. The molecule has 1 heterocycles. The number of hydrogen-bond acceptors (Lipinski definition) is 3. The van der Waals surface area contributed by atoms with Gasteiger partial charge in [0.2, 0.25) is 0 Å². The minimum Gasteiger partial charge on any atom is -0.328 e. The van der Waals surface area contributed by atoms with Crippen molar-refractivity contribution in [2.45, 2.75) is 46.1 Å². The summed E-state index contributed by atoms with van der Waals surface area (Å²) in [4.78, 5) is 34.3. The number of carbonyl (C=O) groups is 1. The van der Waals surface area contributed by atoms with Gasteiger partial charge in [-0.2, -0.15) is 0 Å². The summed E-state index contributed by atoms with van der Waals surface area (Å²) >= 11 is 3.45. The SMILES string of the molecule is CCCN(C(=O)c1ccc(Br)cc1)C(CC)c1nc2ccccc2c(=O)n1-c1ccc(CC)cc1. The number of para-hydroxylation sites is 1. The van der Waals surface area contributed by atoms with Gasteiger partial charge in [0.25, 0.3) is 11.5 Å². The summed E-state index contributed by atoms with van der Waals surface area (Å²) in [6, 6.07) is 22.5. The van der Waals surface area contributed by atoms with Crippen LogP contribution in [0.1, 0.15) is 61.4 Å². The Morgan fingerprint density at radius 1 is 0.971 bits per heavy atom. The van der Waals surface area contributed by atoms with Crippen LogP contribution in [0.4, 0.5) is 0 Å². The molecule has 0 aliphatic carbocycles. The molecule has 0 bridgehead atoms. The molecule has 0 fully saturated rings. The lowest BCUT2D eigenvalue weighted by Gasteiger charge is -2.32. The Kier molecular flexibility index (Phi) is 7.81. The monoisotopic (exact) mass is 531 g/mol. The van der Waals surface area contributed by atoms with Gasteiger partial charge in [-0.1, -0.05) is 61.0 Å². The zero-order chi connectivity index (χ0) is 24.9. The molecule has 1 atom stereocenters. The van der Waals surface area contributed by atoms with Gasteiger partial charge in [0.15, 0.2) is 0 Å². The molecule has 0 spiro atoms. The Bertz CT molecular complexity index is 1380. The average Bonchev–Trinajstić information content (AvgIpc) is 2.89. The molecule has 4 rings (SSSR count). The van der Waals surface area contributed by atoms with Crippen LogP contribution in [0.2, 0.25) is 0 Å². The van der Waals surface area contributed by atoms with Crippen molar-refractivity contribution < 1.29 is 4.79 Å². The molecule has 1 amide bonds. The summed E-state index contributed by atoms with van der Waals surface area (Å²) < 4.78 is 2.61. The van der Waals surface area contributed by atoms with Crippen LogP contribution in [0.15, 0.2) is 82.1 Å². The highest BCUT2D eigenvalue weighted by atomic mass is 79.9. The lowest BCUT2D eigenvalue weighted by Crippen LogP contribution is -2.39. The molecule has 1 unspecified atom stereocenters. The van der Waals surface area contributed by atoms with Crippen LogP contribution in [0.25, 0.3) is 16.6 Å². The third kappa shape index (κ3) is 5.08.